The van der Waals surface area contributed by atoms with Gasteiger partial charge in [0, 0.05) is 20.1 Å². The lowest BCUT2D eigenvalue weighted by Crippen LogP contribution is -2.38. The van der Waals surface area contributed by atoms with E-state index in [9.17, 15) is 0 Å². The predicted molar refractivity (Wildman–Crippen MR) is 93.3 cm³/mol. The van der Waals surface area contributed by atoms with E-state index in [1.165, 1.54) is 5.56 Å². The van der Waals surface area contributed by atoms with Gasteiger partial charge >= 0.3 is 0 Å². The van der Waals surface area contributed by atoms with Crippen molar-refractivity contribution in [2.45, 2.75) is 32.7 Å². The van der Waals surface area contributed by atoms with Crippen LogP contribution in [0, 0.1) is 0 Å². The predicted octanol–water partition coefficient (Wildman–Crippen LogP) is 2.06. The van der Waals surface area contributed by atoms with Crippen LogP contribution in [0.15, 0.2) is 41.7 Å². The summed E-state index contributed by atoms with van der Waals surface area (Å²) in [5.74, 6) is 2.18. The molecule has 2 rings (SSSR count). The third-order valence-corrected chi connectivity index (χ3v) is 3.77. The SMILES string of the molecule is CCNC(=NCc1ncnn1C)NCCC(C)c1ccccc1. The Morgan fingerprint density at radius 1 is 1.26 bits per heavy atom. The number of hydrogen-bond donors (Lipinski definition) is 2. The van der Waals surface area contributed by atoms with Crippen LogP contribution in [0.4, 0.5) is 0 Å². The Balaban J connectivity index is 1.83. The van der Waals surface area contributed by atoms with E-state index >= 15 is 0 Å². The third kappa shape index (κ3) is 5.39. The van der Waals surface area contributed by atoms with Gasteiger partial charge in [0.15, 0.2) is 5.96 Å². The van der Waals surface area contributed by atoms with Crippen LogP contribution in [0.2, 0.25) is 0 Å². The third-order valence-electron chi connectivity index (χ3n) is 3.77. The average Bonchev–Trinajstić information content (AvgIpc) is 2.98. The van der Waals surface area contributed by atoms with E-state index in [0.29, 0.717) is 12.5 Å². The number of nitrogens with zero attached hydrogens (tertiary/aromatic N) is 4. The summed E-state index contributed by atoms with van der Waals surface area (Å²) in [7, 11) is 1.87. The van der Waals surface area contributed by atoms with Crippen molar-refractivity contribution in [3.05, 3.63) is 48.0 Å². The Bertz CT molecular complexity index is 605. The molecule has 0 aliphatic carbocycles. The lowest BCUT2D eigenvalue weighted by Gasteiger charge is -2.15. The van der Waals surface area contributed by atoms with Crippen molar-refractivity contribution in [2.24, 2.45) is 12.0 Å². The number of benzene rings is 1. The van der Waals surface area contributed by atoms with Gasteiger partial charge in [-0.2, -0.15) is 5.10 Å². The van der Waals surface area contributed by atoms with E-state index in [2.05, 4.69) is 69.9 Å². The molecule has 6 nitrogen and oxygen atoms in total. The molecular formula is C17H26N6. The average molecular weight is 314 g/mol. The van der Waals surface area contributed by atoms with Crippen molar-refractivity contribution in [3.8, 4) is 0 Å². The van der Waals surface area contributed by atoms with Crippen LogP contribution in [-0.4, -0.2) is 33.8 Å². The van der Waals surface area contributed by atoms with Gasteiger partial charge in [-0.15, -0.1) is 0 Å². The van der Waals surface area contributed by atoms with Crippen LogP contribution in [0.5, 0.6) is 0 Å². The minimum absolute atomic E-state index is 0.514. The van der Waals surface area contributed by atoms with Gasteiger partial charge in [-0.05, 0) is 24.8 Å². The zero-order chi connectivity index (χ0) is 16.5. The van der Waals surface area contributed by atoms with Crippen LogP contribution in [0.25, 0.3) is 0 Å². The number of rotatable bonds is 7. The highest BCUT2D eigenvalue weighted by Gasteiger charge is 2.06. The van der Waals surface area contributed by atoms with E-state index in [-0.39, 0.29) is 0 Å². The maximum atomic E-state index is 4.56. The van der Waals surface area contributed by atoms with Gasteiger partial charge in [0.1, 0.15) is 18.7 Å². The number of nitrogens with one attached hydrogen (secondary N) is 2. The molecule has 1 aromatic carbocycles. The van der Waals surface area contributed by atoms with E-state index in [1.807, 2.05) is 7.05 Å². The smallest absolute Gasteiger partial charge is 0.191 e. The van der Waals surface area contributed by atoms with Crippen molar-refractivity contribution in [1.29, 1.82) is 0 Å². The first kappa shape index (κ1) is 17.0. The Kier molecular flexibility index (Phi) is 6.59. The lowest BCUT2D eigenvalue weighted by atomic mass is 9.98. The van der Waals surface area contributed by atoms with E-state index in [4.69, 9.17) is 0 Å². The molecule has 2 aromatic rings. The second kappa shape index (κ2) is 8.92. The number of aliphatic imine (C=N–C) groups is 1. The summed E-state index contributed by atoms with van der Waals surface area (Å²) in [4.78, 5) is 8.74. The molecule has 6 heteroatoms. The fraction of sp³-hybridized carbons (Fsp3) is 0.471. The van der Waals surface area contributed by atoms with Gasteiger partial charge in [0.2, 0.25) is 0 Å². The van der Waals surface area contributed by atoms with Gasteiger partial charge < -0.3 is 10.6 Å². The van der Waals surface area contributed by atoms with Crippen molar-refractivity contribution in [3.63, 3.8) is 0 Å². The molecule has 2 N–H and O–H groups in total. The first-order chi connectivity index (χ1) is 11.2. The fourth-order valence-electron chi connectivity index (χ4n) is 2.31. The fourth-order valence-corrected chi connectivity index (χ4v) is 2.31. The van der Waals surface area contributed by atoms with Crippen LogP contribution >= 0.6 is 0 Å². The highest BCUT2D eigenvalue weighted by molar-refractivity contribution is 5.79. The summed E-state index contributed by atoms with van der Waals surface area (Å²) >= 11 is 0. The van der Waals surface area contributed by atoms with Crippen molar-refractivity contribution in [1.82, 2.24) is 25.4 Å². The largest absolute Gasteiger partial charge is 0.357 e. The normalized spacial score (nSPS) is 12.9. The molecule has 0 aliphatic heterocycles. The molecule has 0 bridgehead atoms. The summed E-state index contributed by atoms with van der Waals surface area (Å²) in [6.07, 6.45) is 2.60. The molecule has 23 heavy (non-hydrogen) atoms. The van der Waals surface area contributed by atoms with Gasteiger partial charge in [-0.3, -0.25) is 4.68 Å². The Morgan fingerprint density at radius 2 is 2.04 bits per heavy atom. The summed E-state index contributed by atoms with van der Waals surface area (Å²) in [5.41, 5.74) is 1.37. The summed E-state index contributed by atoms with van der Waals surface area (Å²) in [6, 6.07) is 10.6. The maximum absolute atomic E-state index is 4.56. The van der Waals surface area contributed by atoms with E-state index in [0.717, 1.165) is 31.3 Å². The van der Waals surface area contributed by atoms with Crippen LogP contribution < -0.4 is 10.6 Å². The number of aryl methyl sites for hydroxylation is 1. The highest BCUT2D eigenvalue weighted by atomic mass is 15.3. The van der Waals surface area contributed by atoms with Crippen molar-refractivity contribution >= 4 is 5.96 Å². The minimum Gasteiger partial charge on any atom is -0.357 e. The molecule has 0 fully saturated rings. The molecule has 0 saturated heterocycles. The van der Waals surface area contributed by atoms with Crippen LogP contribution in [-0.2, 0) is 13.6 Å². The first-order valence-corrected chi connectivity index (χ1v) is 8.10. The zero-order valence-corrected chi connectivity index (χ0v) is 14.2. The number of hydrogen-bond acceptors (Lipinski definition) is 3. The minimum atomic E-state index is 0.514. The zero-order valence-electron chi connectivity index (χ0n) is 14.2. The van der Waals surface area contributed by atoms with E-state index in [1.54, 1.807) is 11.0 Å². The van der Waals surface area contributed by atoms with Gasteiger partial charge in [0.05, 0.1) is 0 Å². The standard InChI is InChI=1S/C17H26N6/c1-4-18-17(20-12-16-21-13-22-23(16)3)19-11-10-14(2)15-8-6-5-7-9-15/h5-9,13-14H,4,10-12H2,1-3H3,(H2,18,19,20). The monoisotopic (exact) mass is 314 g/mol. The first-order valence-electron chi connectivity index (χ1n) is 8.10. The Morgan fingerprint density at radius 3 is 2.70 bits per heavy atom. The molecule has 1 unspecified atom stereocenters. The summed E-state index contributed by atoms with van der Waals surface area (Å²) < 4.78 is 1.74. The number of guanidine groups is 1. The van der Waals surface area contributed by atoms with Crippen molar-refractivity contribution in [2.75, 3.05) is 13.1 Å². The molecule has 0 spiro atoms. The molecule has 1 atom stereocenters. The second-order valence-corrected chi connectivity index (χ2v) is 5.52. The van der Waals surface area contributed by atoms with Crippen LogP contribution in [0.1, 0.15) is 37.6 Å². The van der Waals surface area contributed by atoms with Gasteiger partial charge in [0.25, 0.3) is 0 Å². The van der Waals surface area contributed by atoms with Gasteiger partial charge in [-0.25, -0.2) is 9.98 Å². The summed E-state index contributed by atoms with van der Waals surface area (Å²) in [5, 5.41) is 10.7. The molecule has 1 heterocycles. The molecule has 0 saturated carbocycles. The summed E-state index contributed by atoms with van der Waals surface area (Å²) in [6.45, 7) is 6.53. The number of aromatic nitrogens is 3. The highest BCUT2D eigenvalue weighted by Crippen LogP contribution is 2.17. The van der Waals surface area contributed by atoms with Crippen LogP contribution in [0.3, 0.4) is 0 Å². The molecule has 0 aliphatic rings. The van der Waals surface area contributed by atoms with Crippen molar-refractivity contribution < 1.29 is 0 Å². The molecule has 0 amide bonds. The maximum Gasteiger partial charge on any atom is 0.191 e. The molecule has 1 aromatic heterocycles. The quantitative estimate of drug-likeness (QED) is 0.606. The Labute approximate surface area is 138 Å². The molecule has 124 valence electrons. The lowest BCUT2D eigenvalue weighted by molar-refractivity contribution is 0.649. The van der Waals surface area contributed by atoms with Gasteiger partial charge in [-0.1, -0.05) is 37.3 Å². The Hall–Kier alpha value is -2.37. The topological polar surface area (TPSA) is 67.1 Å². The van der Waals surface area contributed by atoms with E-state index < -0.39 is 0 Å². The molecule has 0 radical (unpaired) electrons. The second-order valence-electron chi connectivity index (χ2n) is 5.52. The molecular weight excluding hydrogens is 288 g/mol.